The Kier molecular flexibility index (Phi) is 5.88. The Morgan fingerprint density at radius 1 is 1.44 bits per heavy atom. The van der Waals surface area contributed by atoms with Gasteiger partial charge < -0.3 is 19.4 Å². The lowest BCUT2D eigenvalue weighted by Crippen LogP contribution is -2.37. The molecule has 0 bridgehead atoms. The van der Waals surface area contributed by atoms with Gasteiger partial charge in [0.25, 0.3) is 0 Å². The van der Waals surface area contributed by atoms with Gasteiger partial charge in [0.2, 0.25) is 11.8 Å². The Labute approximate surface area is 150 Å². The number of rotatable bonds is 8. The molecule has 0 aliphatic carbocycles. The second kappa shape index (κ2) is 8.31. The van der Waals surface area contributed by atoms with Crippen molar-refractivity contribution in [1.82, 2.24) is 10.2 Å². The molecule has 1 N–H and O–H groups in total. The highest BCUT2D eigenvalue weighted by molar-refractivity contribution is 7.13. The minimum Gasteiger partial charge on any atom is -0.460 e. The summed E-state index contributed by atoms with van der Waals surface area (Å²) in [6.07, 6.45) is 1.25. The minimum atomic E-state index is -0.116. The number of carbonyl (C=O) groups excluding carboxylic acids is 2. The average molecular weight is 362 g/mol. The summed E-state index contributed by atoms with van der Waals surface area (Å²) in [4.78, 5) is 26.8. The highest BCUT2D eigenvalue weighted by Crippen LogP contribution is 2.26. The second-order valence-corrected chi connectivity index (χ2v) is 6.99. The highest BCUT2D eigenvalue weighted by atomic mass is 32.1. The predicted molar refractivity (Wildman–Crippen MR) is 95.3 cm³/mol. The van der Waals surface area contributed by atoms with Crippen molar-refractivity contribution in [3.8, 4) is 10.6 Å². The maximum Gasteiger partial charge on any atom is 0.224 e. The molecule has 2 aromatic heterocycles. The Morgan fingerprint density at radius 3 is 3.08 bits per heavy atom. The number of hydrogen-bond donors (Lipinski definition) is 1. The van der Waals surface area contributed by atoms with Crippen molar-refractivity contribution in [2.75, 3.05) is 26.8 Å². The molecule has 1 aliphatic rings. The van der Waals surface area contributed by atoms with E-state index >= 15 is 0 Å². The number of thiophene rings is 1. The summed E-state index contributed by atoms with van der Waals surface area (Å²) in [6.45, 7) is 1.63. The summed E-state index contributed by atoms with van der Waals surface area (Å²) in [5, 5.41) is 4.94. The molecular formula is C18H22N2O4S. The normalized spacial score (nSPS) is 17.2. The minimum absolute atomic E-state index is 0.0551. The molecule has 1 saturated heterocycles. The number of nitrogens with zero attached hydrogens (tertiary/aromatic N) is 1. The number of nitrogens with one attached hydrogen (secondary N) is 1. The fourth-order valence-corrected chi connectivity index (χ4v) is 3.57. The third-order valence-corrected chi connectivity index (χ3v) is 5.05. The first-order chi connectivity index (χ1) is 12.2. The van der Waals surface area contributed by atoms with Gasteiger partial charge in [-0.15, -0.1) is 11.3 Å². The van der Waals surface area contributed by atoms with Crippen LogP contribution < -0.4 is 5.32 Å². The zero-order chi connectivity index (χ0) is 17.6. The van der Waals surface area contributed by atoms with Gasteiger partial charge in [0.15, 0.2) is 0 Å². The van der Waals surface area contributed by atoms with E-state index < -0.39 is 0 Å². The number of aryl methyl sites for hydroxylation is 1. The highest BCUT2D eigenvalue weighted by Gasteiger charge is 2.30. The number of methoxy groups -OCH3 is 1. The summed E-state index contributed by atoms with van der Waals surface area (Å²) < 4.78 is 10.8. The molecule has 0 aromatic carbocycles. The van der Waals surface area contributed by atoms with Crippen LogP contribution in [0.1, 0.15) is 18.6 Å². The summed E-state index contributed by atoms with van der Waals surface area (Å²) >= 11 is 1.62. The maximum atomic E-state index is 12.1. The average Bonchev–Trinajstić information content (AvgIpc) is 3.32. The zero-order valence-corrected chi connectivity index (χ0v) is 15.0. The van der Waals surface area contributed by atoms with Crippen molar-refractivity contribution in [2.24, 2.45) is 0 Å². The first-order valence-corrected chi connectivity index (χ1v) is 9.22. The van der Waals surface area contributed by atoms with E-state index in [-0.39, 0.29) is 17.9 Å². The van der Waals surface area contributed by atoms with Crippen molar-refractivity contribution in [2.45, 2.75) is 25.3 Å². The molecule has 7 heteroatoms. The molecule has 3 rings (SSSR count). The van der Waals surface area contributed by atoms with Gasteiger partial charge in [0.1, 0.15) is 11.5 Å². The Morgan fingerprint density at radius 2 is 2.32 bits per heavy atom. The van der Waals surface area contributed by atoms with E-state index in [9.17, 15) is 9.59 Å². The lowest BCUT2D eigenvalue weighted by Gasteiger charge is -2.16. The van der Waals surface area contributed by atoms with Gasteiger partial charge in [-0.2, -0.15) is 0 Å². The molecule has 6 nitrogen and oxygen atoms in total. The number of furan rings is 1. The maximum absolute atomic E-state index is 12.1. The Hall–Kier alpha value is -2.12. The van der Waals surface area contributed by atoms with Crippen molar-refractivity contribution in [1.29, 1.82) is 0 Å². The number of ether oxygens (including phenoxy) is 1. The summed E-state index contributed by atoms with van der Waals surface area (Å²) in [5.74, 6) is 1.64. The molecule has 134 valence electrons. The van der Waals surface area contributed by atoms with Crippen LogP contribution in [0.3, 0.4) is 0 Å². The first-order valence-electron chi connectivity index (χ1n) is 8.34. The van der Waals surface area contributed by atoms with Crippen LogP contribution >= 0.6 is 11.3 Å². The van der Waals surface area contributed by atoms with E-state index in [4.69, 9.17) is 9.15 Å². The van der Waals surface area contributed by atoms with Gasteiger partial charge in [-0.3, -0.25) is 9.59 Å². The van der Waals surface area contributed by atoms with E-state index in [1.54, 1.807) is 23.3 Å². The van der Waals surface area contributed by atoms with Crippen LogP contribution in [-0.2, 0) is 20.7 Å². The third-order valence-electron chi connectivity index (χ3n) is 4.17. The monoisotopic (exact) mass is 362 g/mol. The topological polar surface area (TPSA) is 71.8 Å². The molecule has 2 amide bonds. The molecule has 0 spiro atoms. The van der Waals surface area contributed by atoms with Gasteiger partial charge in [0, 0.05) is 39.5 Å². The largest absolute Gasteiger partial charge is 0.460 e. The molecule has 1 aliphatic heterocycles. The number of hydrogen-bond acceptors (Lipinski definition) is 5. The molecule has 3 heterocycles. The van der Waals surface area contributed by atoms with Crippen LogP contribution in [-0.4, -0.2) is 49.6 Å². The van der Waals surface area contributed by atoms with E-state index in [0.717, 1.165) is 16.4 Å². The molecule has 1 atom stereocenters. The van der Waals surface area contributed by atoms with E-state index in [2.05, 4.69) is 5.32 Å². The number of carbonyl (C=O) groups is 2. The van der Waals surface area contributed by atoms with Crippen LogP contribution in [0.4, 0.5) is 0 Å². The second-order valence-electron chi connectivity index (χ2n) is 6.04. The summed E-state index contributed by atoms with van der Waals surface area (Å²) in [5.41, 5.74) is 0. The third kappa shape index (κ3) is 4.70. The van der Waals surface area contributed by atoms with Crippen molar-refractivity contribution >= 4 is 23.2 Å². The molecule has 1 fully saturated rings. The fourth-order valence-electron chi connectivity index (χ4n) is 2.89. The van der Waals surface area contributed by atoms with Crippen LogP contribution in [0, 0.1) is 0 Å². The fraction of sp³-hybridized carbons (Fsp3) is 0.444. The zero-order valence-electron chi connectivity index (χ0n) is 14.2. The quantitative estimate of drug-likeness (QED) is 0.782. The van der Waals surface area contributed by atoms with Gasteiger partial charge >= 0.3 is 0 Å². The van der Waals surface area contributed by atoms with Gasteiger partial charge in [-0.1, -0.05) is 6.07 Å². The standard InChI is InChI=1S/C18H22N2O4S/c1-23-9-8-20-12-13(11-18(20)22)19-17(21)7-5-14-4-6-15(24-14)16-3-2-10-25-16/h2-4,6,10,13H,5,7-9,11-12H2,1H3,(H,19,21)/t13-/m0/s1. The molecule has 0 unspecified atom stereocenters. The van der Waals surface area contributed by atoms with Gasteiger partial charge in [0.05, 0.1) is 17.5 Å². The Balaban J connectivity index is 1.43. The van der Waals surface area contributed by atoms with Crippen molar-refractivity contribution < 1.29 is 18.7 Å². The molecule has 0 radical (unpaired) electrons. The molecule has 2 aromatic rings. The smallest absolute Gasteiger partial charge is 0.224 e. The summed E-state index contributed by atoms with van der Waals surface area (Å²) in [7, 11) is 1.61. The number of amides is 2. The van der Waals surface area contributed by atoms with Crippen molar-refractivity contribution in [3.63, 3.8) is 0 Å². The lowest BCUT2D eigenvalue weighted by molar-refractivity contribution is -0.128. The number of likely N-dealkylation sites (tertiary alicyclic amines) is 1. The van der Waals surface area contributed by atoms with Crippen molar-refractivity contribution in [3.05, 3.63) is 35.4 Å². The SMILES string of the molecule is COCCN1C[C@@H](NC(=O)CCc2ccc(-c3cccs3)o2)CC1=O. The van der Waals surface area contributed by atoms with E-state index in [1.807, 2.05) is 29.6 Å². The van der Waals surface area contributed by atoms with E-state index in [1.165, 1.54) is 0 Å². The summed E-state index contributed by atoms with van der Waals surface area (Å²) in [6, 6.07) is 7.71. The van der Waals surface area contributed by atoms with Crippen LogP contribution in [0.25, 0.3) is 10.6 Å². The van der Waals surface area contributed by atoms with Gasteiger partial charge in [-0.25, -0.2) is 0 Å². The van der Waals surface area contributed by atoms with Crippen LogP contribution in [0.5, 0.6) is 0 Å². The Bertz CT molecular complexity index is 710. The molecule has 0 saturated carbocycles. The lowest BCUT2D eigenvalue weighted by atomic mass is 10.2. The van der Waals surface area contributed by atoms with E-state index in [0.29, 0.717) is 39.0 Å². The van der Waals surface area contributed by atoms with Crippen LogP contribution in [0.15, 0.2) is 34.1 Å². The van der Waals surface area contributed by atoms with Gasteiger partial charge in [-0.05, 0) is 23.6 Å². The van der Waals surface area contributed by atoms with Crippen LogP contribution in [0.2, 0.25) is 0 Å². The molecule has 25 heavy (non-hydrogen) atoms. The first kappa shape index (κ1) is 17.7. The molecular weight excluding hydrogens is 340 g/mol. The predicted octanol–water partition coefficient (Wildman–Crippen LogP) is 2.30.